The molecular weight excluding hydrogens is 332 g/mol. The second-order valence-corrected chi connectivity index (χ2v) is 4.72. The van der Waals surface area contributed by atoms with E-state index in [1.807, 2.05) is 0 Å². The van der Waals surface area contributed by atoms with Gasteiger partial charge in [0, 0.05) is 0 Å². The first-order chi connectivity index (χ1) is 7.15. The lowest BCUT2D eigenvalue weighted by Crippen LogP contribution is -2.51. The van der Waals surface area contributed by atoms with Crippen molar-refractivity contribution in [2.75, 3.05) is 0 Å². The molecule has 0 spiro atoms. The lowest BCUT2D eigenvalue weighted by molar-refractivity contribution is -0.365. The van der Waals surface area contributed by atoms with Gasteiger partial charge in [-0.2, -0.15) is 30.4 Å². The van der Waals surface area contributed by atoms with Crippen LogP contribution in [0.15, 0.2) is 0 Å². The maximum atomic E-state index is 12.5. The average Bonchev–Trinajstić information content (AvgIpc) is 1.98. The van der Waals surface area contributed by atoms with Gasteiger partial charge >= 0.3 is 26.9 Å². The standard InChI is InChI=1S/C4HCl2F7O3S/c5-1(7)2(6,8)16-3(9,10)4(11,12)17(13,14)15/h1H. The second-order valence-electron chi connectivity index (χ2n) is 2.44. The zero-order valence-corrected chi connectivity index (χ0v) is 9.44. The molecule has 0 aromatic carbocycles. The minimum absolute atomic E-state index is 2.37. The highest BCUT2D eigenvalue weighted by Gasteiger charge is 2.71. The Bertz CT molecular complexity index is 381. The van der Waals surface area contributed by atoms with E-state index < -0.39 is 32.5 Å². The molecule has 0 aliphatic rings. The molecule has 0 saturated carbocycles. The van der Waals surface area contributed by atoms with Gasteiger partial charge in [-0.15, -0.1) is 0 Å². The fourth-order valence-electron chi connectivity index (χ4n) is 0.417. The number of rotatable bonds is 5. The minimum atomic E-state index is -7.16. The molecule has 0 fully saturated rings. The Kier molecular flexibility index (Phi) is 4.59. The van der Waals surface area contributed by atoms with E-state index in [-0.39, 0.29) is 0 Å². The number of hydrogen-bond acceptors (Lipinski definition) is 3. The van der Waals surface area contributed by atoms with Crippen molar-refractivity contribution < 1.29 is 43.4 Å². The van der Waals surface area contributed by atoms with Gasteiger partial charge in [0.15, 0.2) is 0 Å². The largest absolute Gasteiger partial charge is 0.464 e. The summed E-state index contributed by atoms with van der Waals surface area (Å²) in [5.41, 5.74) is -3.55. The van der Waals surface area contributed by atoms with Gasteiger partial charge in [0.2, 0.25) is 5.63 Å². The topological polar surface area (TPSA) is 43.4 Å². The zero-order valence-electron chi connectivity index (χ0n) is 7.11. The summed E-state index contributed by atoms with van der Waals surface area (Å²) in [7, 11) is -7.16. The summed E-state index contributed by atoms with van der Waals surface area (Å²) in [6.07, 6.45) is -6.28. The smallest absolute Gasteiger partial charge is 0.260 e. The van der Waals surface area contributed by atoms with Crippen LogP contribution in [-0.4, -0.2) is 30.7 Å². The molecule has 104 valence electrons. The maximum absolute atomic E-state index is 12.5. The van der Waals surface area contributed by atoms with E-state index in [0.29, 0.717) is 0 Å². The van der Waals surface area contributed by atoms with E-state index in [2.05, 4.69) is 27.9 Å². The number of ether oxygens (including phenoxy) is 1. The summed E-state index contributed by atoms with van der Waals surface area (Å²) in [5.74, 6) is 0. The van der Waals surface area contributed by atoms with Gasteiger partial charge in [0.25, 0.3) is 0 Å². The van der Waals surface area contributed by atoms with Gasteiger partial charge < -0.3 is 0 Å². The first-order valence-corrected chi connectivity index (χ1v) is 5.41. The molecule has 0 bridgehead atoms. The van der Waals surface area contributed by atoms with Crippen molar-refractivity contribution in [3.05, 3.63) is 0 Å². The normalized spacial score (nSPS) is 19.8. The second kappa shape index (κ2) is 4.59. The summed E-state index contributed by atoms with van der Waals surface area (Å²) in [6, 6.07) is 0. The molecule has 0 aliphatic carbocycles. The molecule has 3 nitrogen and oxygen atoms in total. The molecule has 0 aliphatic heterocycles. The fraction of sp³-hybridized carbons (Fsp3) is 1.00. The van der Waals surface area contributed by atoms with E-state index in [0.717, 1.165) is 0 Å². The highest BCUT2D eigenvalue weighted by Crippen LogP contribution is 2.45. The van der Waals surface area contributed by atoms with Gasteiger partial charge in [-0.25, -0.2) is 4.39 Å². The van der Waals surface area contributed by atoms with Gasteiger partial charge in [0.05, 0.1) is 0 Å². The Labute approximate surface area is 99.6 Å². The molecule has 0 rings (SSSR count). The van der Waals surface area contributed by atoms with E-state index in [9.17, 15) is 38.6 Å². The molecule has 17 heavy (non-hydrogen) atoms. The fourth-order valence-corrected chi connectivity index (χ4v) is 0.884. The van der Waals surface area contributed by atoms with Crippen LogP contribution >= 0.6 is 23.2 Å². The van der Waals surface area contributed by atoms with Gasteiger partial charge in [-0.05, 0) is 11.6 Å². The molecule has 2 atom stereocenters. The third-order valence-electron chi connectivity index (χ3n) is 1.16. The summed E-state index contributed by atoms with van der Waals surface area (Å²) in [5, 5.41) is -11.2. The van der Waals surface area contributed by atoms with Crippen molar-refractivity contribution >= 4 is 33.4 Å². The van der Waals surface area contributed by atoms with Crippen LogP contribution in [0.4, 0.5) is 30.2 Å². The molecule has 0 saturated heterocycles. The van der Waals surface area contributed by atoms with E-state index in [4.69, 9.17) is 0 Å². The van der Waals surface area contributed by atoms with Crippen molar-refractivity contribution in [3.63, 3.8) is 0 Å². The predicted molar refractivity (Wildman–Crippen MR) is 41.4 cm³/mol. The van der Waals surface area contributed by atoms with Crippen LogP contribution in [0.1, 0.15) is 0 Å². The van der Waals surface area contributed by atoms with Crippen molar-refractivity contribution in [2.45, 2.75) is 22.3 Å². The SMILES string of the molecule is O=S(=O)(F)C(F)(F)C(F)(F)OC(F)(Cl)C(F)Cl. The average molecular weight is 333 g/mol. The first kappa shape index (κ1) is 17.0. The Morgan fingerprint density at radius 3 is 1.71 bits per heavy atom. The van der Waals surface area contributed by atoms with Crippen LogP contribution < -0.4 is 0 Å². The predicted octanol–water partition coefficient (Wildman–Crippen LogP) is 2.88. The van der Waals surface area contributed by atoms with Crippen molar-refractivity contribution in [1.29, 1.82) is 0 Å². The maximum Gasteiger partial charge on any atom is 0.464 e. The van der Waals surface area contributed by atoms with Crippen LogP contribution in [-0.2, 0) is 15.0 Å². The van der Waals surface area contributed by atoms with E-state index in [1.165, 1.54) is 0 Å². The summed E-state index contributed by atoms with van der Waals surface area (Å²) in [6.45, 7) is 0. The van der Waals surface area contributed by atoms with Gasteiger partial charge in [-0.3, -0.25) is 4.74 Å². The van der Waals surface area contributed by atoms with Crippen LogP contribution in [0.2, 0.25) is 0 Å². The first-order valence-electron chi connectivity index (χ1n) is 3.21. The Hall–Kier alpha value is -0.0000000000000000555. The van der Waals surface area contributed by atoms with E-state index in [1.54, 1.807) is 0 Å². The van der Waals surface area contributed by atoms with Crippen LogP contribution in [0.25, 0.3) is 0 Å². The highest BCUT2D eigenvalue weighted by molar-refractivity contribution is 7.87. The molecule has 0 amide bonds. The molecular formula is C4HCl2F7O3S. The van der Waals surface area contributed by atoms with E-state index >= 15 is 0 Å². The molecule has 2 unspecified atom stereocenters. The molecule has 0 radical (unpaired) electrons. The summed E-state index contributed by atoms with van der Waals surface area (Å²) in [4.78, 5) is 0. The number of alkyl halides is 8. The third-order valence-corrected chi connectivity index (χ3v) is 2.67. The highest BCUT2D eigenvalue weighted by atomic mass is 35.5. The van der Waals surface area contributed by atoms with Gasteiger partial charge in [0.1, 0.15) is 0 Å². The number of hydrogen-bond donors (Lipinski definition) is 0. The Balaban J connectivity index is 5.32. The zero-order chi connectivity index (χ0) is 14.3. The summed E-state index contributed by atoms with van der Waals surface area (Å²) >= 11 is 8.41. The number of halogens is 9. The lowest BCUT2D eigenvalue weighted by Gasteiger charge is -2.27. The van der Waals surface area contributed by atoms with Crippen molar-refractivity contribution in [1.82, 2.24) is 0 Å². The molecule has 13 heteroatoms. The molecule has 0 aromatic heterocycles. The van der Waals surface area contributed by atoms with Crippen LogP contribution in [0.3, 0.4) is 0 Å². The van der Waals surface area contributed by atoms with Crippen molar-refractivity contribution in [2.24, 2.45) is 0 Å². The molecule has 0 N–H and O–H groups in total. The Morgan fingerprint density at radius 1 is 1.12 bits per heavy atom. The van der Waals surface area contributed by atoms with Crippen LogP contribution in [0, 0.1) is 0 Å². The summed E-state index contributed by atoms with van der Waals surface area (Å²) < 4.78 is 107. The molecule has 0 heterocycles. The third kappa shape index (κ3) is 3.48. The van der Waals surface area contributed by atoms with Gasteiger partial charge in [-0.1, -0.05) is 15.5 Å². The van der Waals surface area contributed by atoms with Crippen molar-refractivity contribution in [3.8, 4) is 0 Å². The molecule has 0 aromatic rings. The monoisotopic (exact) mass is 332 g/mol. The minimum Gasteiger partial charge on any atom is -0.260 e. The van der Waals surface area contributed by atoms with Crippen LogP contribution in [0.5, 0.6) is 0 Å². The Morgan fingerprint density at radius 2 is 1.47 bits per heavy atom. The quantitative estimate of drug-likeness (QED) is 0.441. The lowest BCUT2D eigenvalue weighted by atomic mass is 10.6.